The van der Waals surface area contributed by atoms with Gasteiger partial charge in [-0.1, -0.05) is 0 Å². The zero-order chi connectivity index (χ0) is 8.69. The molecular weight excluding hydrogens is 144 g/mol. The molecule has 0 spiro atoms. The van der Waals surface area contributed by atoms with Crippen molar-refractivity contribution in [2.75, 3.05) is 13.6 Å². The van der Waals surface area contributed by atoms with Crippen LogP contribution in [0, 0.1) is 0 Å². The van der Waals surface area contributed by atoms with E-state index in [1.54, 1.807) is 0 Å². The van der Waals surface area contributed by atoms with Gasteiger partial charge >= 0.3 is 0 Å². The van der Waals surface area contributed by atoms with Crippen LogP contribution in [-0.4, -0.2) is 25.4 Å². The molecule has 0 heterocycles. The molecular formula is C7H12N2O2. The number of hydrogen-bond acceptors (Lipinski definition) is 2. The Balaban J connectivity index is 3.73. The van der Waals surface area contributed by atoms with Crippen molar-refractivity contribution < 1.29 is 9.59 Å². The minimum atomic E-state index is -0.281. The van der Waals surface area contributed by atoms with Gasteiger partial charge in [0.05, 0.1) is 0 Å². The number of hydrogen-bond donors (Lipinski definition) is 2. The summed E-state index contributed by atoms with van der Waals surface area (Å²) in [4.78, 5) is 21.2. The highest BCUT2D eigenvalue weighted by Gasteiger charge is 1.92. The molecule has 4 heteroatoms. The molecule has 0 aromatic heterocycles. The second-order valence-corrected chi connectivity index (χ2v) is 1.84. The first-order valence-corrected chi connectivity index (χ1v) is 3.38. The van der Waals surface area contributed by atoms with E-state index in [9.17, 15) is 9.59 Å². The molecule has 0 unspecified atom stereocenters. The molecule has 0 atom stereocenters. The Morgan fingerprint density at radius 2 is 1.82 bits per heavy atom. The second kappa shape index (κ2) is 5.46. The highest BCUT2D eigenvalue weighted by Crippen LogP contribution is 1.73. The third-order valence-corrected chi connectivity index (χ3v) is 0.983. The van der Waals surface area contributed by atoms with E-state index in [4.69, 9.17) is 0 Å². The van der Waals surface area contributed by atoms with Crippen molar-refractivity contribution in [3.8, 4) is 0 Å². The summed E-state index contributed by atoms with van der Waals surface area (Å²) in [5.74, 6) is -0.535. The Labute approximate surface area is 65.7 Å². The molecule has 0 aromatic rings. The maximum atomic E-state index is 10.7. The van der Waals surface area contributed by atoms with Gasteiger partial charge in [0.1, 0.15) is 0 Å². The first kappa shape index (κ1) is 9.68. The summed E-state index contributed by atoms with van der Waals surface area (Å²) in [7, 11) is 1.50. The van der Waals surface area contributed by atoms with Crippen LogP contribution in [0.4, 0.5) is 0 Å². The van der Waals surface area contributed by atoms with Gasteiger partial charge in [-0.15, -0.1) is 0 Å². The Bertz CT molecular complexity index is 175. The van der Waals surface area contributed by atoms with Gasteiger partial charge in [-0.25, -0.2) is 0 Å². The molecule has 4 nitrogen and oxygen atoms in total. The summed E-state index contributed by atoms with van der Waals surface area (Å²) >= 11 is 0. The Kier molecular flexibility index (Phi) is 4.81. The second-order valence-electron chi connectivity index (χ2n) is 1.84. The van der Waals surface area contributed by atoms with Crippen LogP contribution in [0.3, 0.4) is 0 Å². The fourth-order valence-electron chi connectivity index (χ4n) is 0.468. The number of carbonyl (C=O) groups excluding carboxylic acids is 2. The van der Waals surface area contributed by atoms with Gasteiger partial charge in [0, 0.05) is 25.7 Å². The van der Waals surface area contributed by atoms with Crippen molar-refractivity contribution in [3.63, 3.8) is 0 Å². The number of carbonyl (C=O) groups is 2. The van der Waals surface area contributed by atoms with Crippen LogP contribution in [-0.2, 0) is 9.59 Å². The smallest absolute Gasteiger partial charge is 0.244 e. The van der Waals surface area contributed by atoms with Gasteiger partial charge in [-0.2, -0.15) is 0 Å². The fourth-order valence-corrected chi connectivity index (χ4v) is 0.468. The van der Waals surface area contributed by atoms with Gasteiger partial charge in [-0.05, 0) is 6.92 Å². The molecule has 0 bridgehead atoms. The van der Waals surface area contributed by atoms with Crippen LogP contribution in [0.5, 0.6) is 0 Å². The van der Waals surface area contributed by atoms with Gasteiger partial charge < -0.3 is 10.6 Å². The van der Waals surface area contributed by atoms with Crippen LogP contribution >= 0.6 is 0 Å². The molecule has 0 fully saturated rings. The predicted octanol–water partition coefficient (Wildman–Crippen LogP) is -0.575. The summed E-state index contributed by atoms with van der Waals surface area (Å²) < 4.78 is 0. The van der Waals surface area contributed by atoms with Crippen LogP contribution in [0.1, 0.15) is 6.92 Å². The molecule has 0 aromatic carbocycles. The third kappa shape index (κ3) is 5.14. The Hall–Kier alpha value is -1.32. The molecule has 11 heavy (non-hydrogen) atoms. The lowest BCUT2D eigenvalue weighted by molar-refractivity contribution is -0.118. The molecule has 0 aliphatic carbocycles. The zero-order valence-corrected chi connectivity index (χ0v) is 6.68. The average molecular weight is 156 g/mol. The number of likely N-dealkylation sites (N-methyl/N-ethyl adjacent to an activating group) is 2. The fraction of sp³-hybridized carbons (Fsp3) is 0.429. The van der Waals surface area contributed by atoms with Crippen molar-refractivity contribution in [2.24, 2.45) is 0 Å². The van der Waals surface area contributed by atoms with Gasteiger partial charge in [-0.3, -0.25) is 9.59 Å². The first-order valence-electron chi connectivity index (χ1n) is 3.38. The molecule has 0 radical (unpaired) electrons. The zero-order valence-electron chi connectivity index (χ0n) is 6.68. The van der Waals surface area contributed by atoms with Crippen LogP contribution < -0.4 is 10.6 Å². The van der Waals surface area contributed by atoms with Gasteiger partial charge in [0.25, 0.3) is 0 Å². The van der Waals surface area contributed by atoms with Gasteiger partial charge in [0.2, 0.25) is 11.8 Å². The van der Waals surface area contributed by atoms with E-state index in [1.165, 1.54) is 19.2 Å². The SMILES string of the molecule is CCNC(=O)/C=C\C(=O)NC. The van der Waals surface area contributed by atoms with E-state index >= 15 is 0 Å². The highest BCUT2D eigenvalue weighted by atomic mass is 16.2. The number of nitrogens with one attached hydrogen (secondary N) is 2. The normalized spacial score (nSPS) is 9.64. The van der Waals surface area contributed by atoms with E-state index in [2.05, 4.69) is 10.6 Å². The molecule has 0 saturated carbocycles. The summed E-state index contributed by atoms with van der Waals surface area (Å²) in [6.45, 7) is 2.38. The van der Waals surface area contributed by atoms with Crippen molar-refractivity contribution >= 4 is 11.8 Å². The van der Waals surface area contributed by atoms with E-state index in [0.717, 1.165) is 0 Å². The molecule has 0 aliphatic rings. The molecule has 0 saturated heterocycles. The monoisotopic (exact) mass is 156 g/mol. The molecule has 2 amide bonds. The predicted molar refractivity (Wildman–Crippen MR) is 41.9 cm³/mol. The topological polar surface area (TPSA) is 58.2 Å². The first-order chi connectivity index (χ1) is 5.20. The van der Waals surface area contributed by atoms with E-state index in [0.29, 0.717) is 6.54 Å². The van der Waals surface area contributed by atoms with Crippen molar-refractivity contribution in [2.45, 2.75) is 6.92 Å². The van der Waals surface area contributed by atoms with Crippen molar-refractivity contribution in [1.82, 2.24) is 10.6 Å². The van der Waals surface area contributed by atoms with Crippen molar-refractivity contribution in [1.29, 1.82) is 0 Å². The molecule has 0 aliphatic heterocycles. The minimum absolute atomic E-state index is 0.254. The quantitative estimate of drug-likeness (QED) is 0.537. The Morgan fingerprint density at radius 1 is 1.27 bits per heavy atom. The Morgan fingerprint density at radius 3 is 2.27 bits per heavy atom. The third-order valence-electron chi connectivity index (χ3n) is 0.983. The van der Waals surface area contributed by atoms with Crippen LogP contribution in [0.25, 0.3) is 0 Å². The van der Waals surface area contributed by atoms with Crippen molar-refractivity contribution in [3.05, 3.63) is 12.2 Å². The standard InChI is InChI=1S/C7H12N2O2/c1-3-9-7(11)5-4-6(10)8-2/h4-5H,3H2,1-2H3,(H,8,10)(H,9,11)/b5-4-. The summed E-state index contributed by atoms with van der Waals surface area (Å²) in [6, 6.07) is 0. The summed E-state index contributed by atoms with van der Waals surface area (Å²) in [5, 5.41) is 4.88. The molecule has 62 valence electrons. The summed E-state index contributed by atoms with van der Waals surface area (Å²) in [6.07, 6.45) is 2.38. The number of rotatable bonds is 3. The lowest BCUT2D eigenvalue weighted by Gasteiger charge is -1.93. The largest absolute Gasteiger partial charge is 0.356 e. The highest BCUT2D eigenvalue weighted by molar-refractivity contribution is 5.96. The van der Waals surface area contributed by atoms with E-state index in [-0.39, 0.29) is 11.8 Å². The van der Waals surface area contributed by atoms with Crippen LogP contribution in [0.2, 0.25) is 0 Å². The summed E-state index contributed by atoms with van der Waals surface area (Å²) in [5.41, 5.74) is 0. The van der Waals surface area contributed by atoms with Gasteiger partial charge in [0.15, 0.2) is 0 Å². The molecule has 2 N–H and O–H groups in total. The average Bonchev–Trinajstić information content (AvgIpc) is 2.01. The van der Waals surface area contributed by atoms with Crippen LogP contribution in [0.15, 0.2) is 12.2 Å². The maximum Gasteiger partial charge on any atom is 0.244 e. The number of amides is 2. The minimum Gasteiger partial charge on any atom is -0.356 e. The van der Waals surface area contributed by atoms with E-state index < -0.39 is 0 Å². The lowest BCUT2D eigenvalue weighted by atomic mass is 10.4. The molecule has 0 rings (SSSR count). The maximum absolute atomic E-state index is 10.7. The van der Waals surface area contributed by atoms with E-state index in [1.807, 2.05) is 6.92 Å². The lowest BCUT2D eigenvalue weighted by Crippen LogP contribution is -2.21.